The topological polar surface area (TPSA) is 113 Å². The third-order valence-corrected chi connectivity index (χ3v) is 8.03. The second kappa shape index (κ2) is 9.25. The van der Waals surface area contributed by atoms with Crippen molar-refractivity contribution >= 4 is 37.3 Å². The summed E-state index contributed by atoms with van der Waals surface area (Å²) in [6.45, 7) is 0.808. The summed E-state index contributed by atoms with van der Waals surface area (Å²) in [6.07, 6.45) is 2.84. The molecule has 0 saturated carbocycles. The van der Waals surface area contributed by atoms with Crippen LogP contribution in [-0.2, 0) is 24.8 Å². The molecule has 2 aromatic carbocycles. The van der Waals surface area contributed by atoms with Gasteiger partial charge in [-0.3, -0.25) is 9.10 Å². The van der Waals surface area contributed by atoms with Gasteiger partial charge in [0.25, 0.3) is 5.91 Å². The first-order valence-corrected chi connectivity index (χ1v) is 12.9. The third kappa shape index (κ3) is 5.75. The van der Waals surface area contributed by atoms with Gasteiger partial charge in [0.05, 0.1) is 16.8 Å². The van der Waals surface area contributed by atoms with Gasteiger partial charge in [0.2, 0.25) is 20.0 Å². The van der Waals surface area contributed by atoms with Gasteiger partial charge in [0, 0.05) is 25.8 Å². The van der Waals surface area contributed by atoms with E-state index in [-0.39, 0.29) is 11.5 Å². The number of hydrogen-bond donors (Lipinski definition) is 1. The van der Waals surface area contributed by atoms with Gasteiger partial charge in [-0.25, -0.2) is 16.8 Å². The standard InChI is InChI=1S/C20H25N3O6S2/c1-22(30(2,25)26)17-7-9-18(10-8-17)29-15-20(24)21-16-5-11-19(12-6-16)31(27,28)23-13-3-4-14-23/h5-12H,3-4,13-15H2,1-2H3,(H,21,24). The van der Waals surface area contributed by atoms with E-state index in [0.717, 1.165) is 23.4 Å². The molecule has 1 amide bonds. The summed E-state index contributed by atoms with van der Waals surface area (Å²) in [5, 5.41) is 2.65. The lowest BCUT2D eigenvalue weighted by molar-refractivity contribution is -0.118. The summed E-state index contributed by atoms with van der Waals surface area (Å²) in [7, 11) is -5.41. The van der Waals surface area contributed by atoms with Crippen LogP contribution in [-0.4, -0.2) is 60.0 Å². The first kappa shape index (κ1) is 23.0. The maximum Gasteiger partial charge on any atom is 0.262 e. The molecule has 0 spiro atoms. The van der Waals surface area contributed by atoms with Crippen LogP contribution in [0, 0.1) is 0 Å². The van der Waals surface area contributed by atoms with Crippen LogP contribution in [0.15, 0.2) is 53.4 Å². The molecule has 0 radical (unpaired) electrons. The Morgan fingerprint density at radius 2 is 1.58 bits per heavy atom. The van der Waals surface area contributed by atoms with Crippen LogP contribution in [0.4, 0.5) is 11.4 Å². The molecule has 168 valence electrons. The summed E-state index contributed by atoms with van der Waals surface area (Å²) in [4.78, 5) is 12.3. The Kier molecular flexibility index (Phi) is 6.87. The van der Waals surface area contributed by atoms with Crippen molar-refractivity contribution in [3.05, 3.63) is 48.5 Å². The highest BCUT2D eigenvalue weighted by molar-refractivity contribution is 7.92. The number of amides is 1. The molecular weight excluding hydrogens is 442 g/mol. The summed E-state index contributed by atoms with van der Waals surface area (Å²) in [5.41, 5.74) is 0.933. The second-order valence-electron chi connectivity index (χ2n) is 7.20. The van der Waals surface area contributed by atoms with Gasteiger partial charge in [0.15, 0.2) is 6.61 Å². The molecule has 1 fully saturated rings. The molecule has 1 saturated heterocycles. The molecule has 0 atom stereocenters. The van der Waals surface area contributed by atoms with E-state index in [1.54, 1.807) is 24.3 Å². The Morgan fingerprint density at radius 3 is 2.13 bits per heavy atom. The number of ether oxygens (including phenoxy) is 1. The fraction of sp³-hybridized carbons (Fsp3) is 0.350. The van der Waals surface area contributed by atoms with Crippen LogP contribution in [0.5, 0.6) is 5.75 Å². The van der Waals surface area contributed by atoms with E-state index in [0.29, 0.717) is 30.2 Å². The molecule has 0 unspecified atom stereocenters. The SMILES string of the molecule is CN(c1ccc(OCC(=O)Nc2ccc(S(=O)(=O)N3CCCC3)cc2)cc1)S(C)(=O)=O. The minimum atomic E-state index is -3.49. The zero-order chi connectivity index (χ0) is 22.6. The average Bonchev–Trinajstić information content (AvgIpc) is 3.28. The molecule has 1 aliphatic rings. The van der Waals surface area contributed by atoms with E-state index in [2.05, 4.69) is 5.32 Å². The zero-order valence-electron chi connectivity index (χ0n) is 17.3. The van der Waals surface area contributed by atoms with E-state index in [9.17, 15) is 21.6 Å². The van der Waals surface area contributed by atoms with E-state index in [4.69, 9.17) is 4.74 Å². The van der Waals surface area contributed by atoms with E-state index in [1.807, 2.05) is 0 Å². The van der Waals surface area contributed by atoms with Crippen LogP contribution in [0.25, 0.3) is 0 Å². The summed E-state index contributed by atoms with van der Waals surface area (Å²) < 4.78 is 56.2. The number of sulfonamides is 2. The highest BCUT2D eigenvalue weighted by atomic mass is 32.2. The number of carbonyl (C=O) groups is 1. The predicted octanol–water partition coefficient (Wildman–Crippen LogP) is 1.88. The summed E-state index contributed by atoms with van der Waals surface area (Å²) in [6, 6.07) is 12.3. The van der Waals surface area contributed by atoms with Crippen molar-refractivity contribution in [2.24, 2.45) is 0 Å². The van der Waals surface area contributed by atoms with Crippen molar-refractivity contribution in [3.8, 4) is 5.75 Å². The van der Waals surface area contributed by atoms with E-state index < -0.39 is 26.0 Å². The Balaban J connectivity index is 1.54. The van der Waals surface area contributed by atoms with Gasteiger partial charge < -0.3 is 10.1 Å². The molecule has 1 aliphatic heterocycles. The molecule has 3 rings (SSSR count). The van der Waals surface area contributed by atoms with Crippen molar-refractivity contribution in [1.82, 2.24) is 4.31 Å². The minimum absolute atomic E-state index is 0.197. The van der Waals surface area contributed by atoms with Crippen LogP contribution in [0.1, 0.15) is 12.8 Å². The smallest absolute Gasteiger partial charge is 0.262 e. The van der Waals surface area contributed by atoms with Crippen molar-refractivity contribution < 1.29 is 26.4 Å². The van der Waals surface area contributed by atoms with E-state index in [1.165, 1.54) is 35.6 Å². The van der Waals surface area contributed by atoms with Crippen LogP contribution < -0.4 is 14.4 Å². The summed E-state index contributed by atoms with van der Waals surface area (Å²) in [5.74, 6) is 0.000311. The summed E-state index contributed by atoms with van der Waals surface area (Å²) >= 11 is 0. The van der Waals surface area contributed by atoms with Gasteiger partial charge in [-0.1, -0.05) is 0 Å². The van der Waals surface area contributed by atoms with Crippen LogP contribution >= 0.6 is 0 Å². The molecule has 0 bridgehead atoms. The molecule has 0 aliphatic carbocycles. The molecule has 2 aromatic rings. The lowest BCUT2D eigenvalue weighted by atomic mass is 10.3. The number of nitrogens with zero attached hydrogens (tertiary/aromatic N) is 2. The predicted molar refractivity (Wildman–Crippen MR) is 118 cm³/mol. The molecular formula is C20H25N3O6S2. The number of anilines is 2. The fourth-order valence-corrected chi connectivity index (χ4v) is 5.10. The maximum atomic E-state index is 12.5. The monoisotopic (exact) mass is 467 g/mol. The molecule has 9 nitrogen and oxygen atoms in total. The lowest BCUT2D eigenvalue weighted by Gasteiger charge is -2.17. The first-order valence-electron chi connectivity index (χ1n) is 9.64. The largest absolute Gasteiger partial charge is 0.484 e. The third-order valence-electron chi connectivity index (χ3n) is 4.91. The van der Waals surface area contributed by atoms with Gasteiger partial charge in [-0.05, 0) is 61.4 Å². The lowest BCUT2D eigenvalue weighted by Crippen LogP contribution is -2.27. The van der Waals surface area contributed by atoms with E-state index >= 15 is 0 Å². The molecule has 11 heteroatoms. The van der Waals surface area contributed by atoms with Gasteiger partial charge >= 0.3 is 0 Å². The van der Waals surface area contributed by atoms with Crippen molar-refractivity contribution in [3.63, 3.8) is 0 Å². The molecule has 1 heterocycles. The Morgan fingerprint density at radius 1 is 1.00 bits per heavy atom. The highest BCUT2D eigenvalue weighted by Crippen LogP contribution is 2.23. The van der Waals surface area contributed by atoms with Crippen LogP contribution in [0.2, 0.25) is 0 Å². The van der Waals surface area contributed by atoms with Gasteiger partial charge in [0.1, 0.15) is 5.75 Å². The van der Waals surface area contributed by atoms with Crippen molar-refractivity contribution in [2.75, 3.05) is 42.6 Å². The molecule has 0 aromatic heterocycles. The highest BCUT2D eigenvalue weighted by Gasteiger charge is 2.26. The normalized spacial score (nSPS) is 14.9. The number of nitrogens with one attached hydrogen (secondary N) is 1. The van der Waals surface area contributed by atoms with Crippen molar-refractivity contribution in [2.45, 2.75) is 17.7 Å². The molecule has 1 N–H and O–H groups in total. The average molecular weight is 468 g/mol. The van der Waals surface area contributed by atoms with Gasteiger partial charge in [-0.2, -0.15) is 4.31 Å². The maximum absolute atomic E-state index is 12.5. The first-order chi connectivity index (χ1) is 14.6. The fourth-order valence-electron chi connectivity index (χ4n) is 3.08. The number of hydrogen-bond acceptors (Lipinski definition) is 6. The molecule has 31 heavy (non-hydrogen) atoms. The second-order valence-corrected chi connectivity index (χ2v) is 11.1. The number of carbonyl (C=O) groups excluding carboxylic acids is 1. The number of benzene rings is 2. The zero-order valence-corrected chi connectivity index (χ0v) is 18.9. The number of rotatable bonds is 8. The Bertz CT molecular complexity index is 1120. The minimum Gasteiger partial charge on any atom is -0.484 e. The van der Waals surface area contributed by atoms with Crippen LogP contribution in [0.3, 0.4) is 0 Å². The van der Waals surface area contributed by atoms with Gasteiger partial charge in [-0.15, -0.1) is 0 Å². The quantitative estimate of drug-likeness (QED) is 0.634. The Hall–Kier alpha value is -2.63. The Labute approximate surface area is 182 Å². The van der Waals surface area contributed by atoms with Crippen molar-refractivity contribution in [1.29, 1.82) is 0 Å².